The number of halogens is 2. The fourth-order valence-electron chi connectivity index (χ4n) is 2.68. The van der Waals surface area contributed by atoms with Gasteiger partial charge in [-0.1, -0.05) is 39.5 Å². The van der Waals surface area contributed by atoms with Crippen molar-refractivity contribution in [3.8, 4) is 17.6 Å². The van der Waals surface area contributed by atoms with Gasteiger partial charge >= 0.3 is 0 Å². The highest BCUT2D eigenvalue weighted by atomic mass is 19.1. The monoisotopic (exact) mass is 403 g/mol. The zero-order valence-electron chi connectivity index (χ0n) is 17.9. The lowest BCUT2D eigenvalue weighted by Gasteiger charge is -2.17. The largest absolute Gasteiger partial charge is 0.495 e. The summed E-state index contributed by atoms with van der Waals surface area (Å²) in [4.78, 5) is 0. The van der Waals surface area contributed by atoms with E-state index in [1.54, 1.807) is 12.1 Å². The normalized spacial score (nSPS) is 12.9. The maximum absolute atomic E-state index is 13.9. The fourth-order valence-corrected chi connectivity index (χ4v) is 2.68. The van der Waals surface area contributed by atoms with Crippen LogP contribution in [0.4, 0.5) is 20.2 Å². The van der Waals surface area contributed by atoms with Crippen LogP contribution in [0.1, 0.15) is 46.1 Å². The number of rotatable bonds is 3. The van der Waals surface area contributed by atoms with Gasteiger partial charge in [-0.3, -0.25) is 0 Å². The molecule has 29 heavy (non-hydrogen) atoms. The molecule has 0 saturated carbocycles. The quantitative estimate of drug-likeness (QED) is 0.590. The van der Waals surface area contributed by atoms with E-state index in [0.29, 0.717) is 35.9 Å². The second-order valence-electron chi connectivity index (χ2n) is 5.82. The molecule has 0 amide bonds. The summed E-state index contributed by atoms with van der Waals surface area (Å²) in [6.07, 6.45) is 1.77. The van der Waals surface area contributed by atoms with E-state index in [1.165, 1.54) is 31.4 Å². The van der Waals surface area contributed by atoms with Crippen molar-refractivity contribution in [2.24, 2.45) is 5.92 Å². The predicted octanol–water partition coefficient (Wildman–Crippen LogP) is 6.55. The van der Waals surface area contributed by atoms with Crippen molar-refractivity contribution in [3.05, 3.63) is 53.6 Å². The lowest BCUT2D eigenvalue weighted by molar-refractivity contribution is 0.0807. The molecule has 0 aliphatic carbocycles. The molecular weight excluding hydrogens is 372 g/mol. The highest BCUT2D eigenvalue weighted by Gasteiger charge is 2.13. The zero-order chi connectivity index (χ0) is 21.6. The molecular formula is C24H31F2NO2. The van der Waals surface area contributed by atoms with E-state index in [1.807, 2.05) is 27.7 Å². The predicted molar refractivity (Wildman–Crippen MR) is 116 cm³/mol. The molecule has 3 nitrogen and oxygen atoms in total. The number of hydrogen-bond donors (Lipinski definition) is 1. The lowest BCUT2D eigenvalue weighted by atomic mass is 10.00. The third kappa shape index (κ3) is 7.75. The number of methoxy groups -OCH3 is 1. The molecule has 1 aliphatic rings. The van der Waals surface area contributed by atoms with Gasteiger partial charge < -0.3 is 14.8 Å². The number of benzene rings is 2. The standard InChI is InChI=1S/C20H19F2NO2.2C2H6/c1-24-20-13-16(22)12-19(23-17-5-3-15(21)4-6-17)18(20)7-2-14-8-10-25-11-9-14;2*1-2/h3-6,12-14,23H,8-11H2,1H3;2*1-2H3. The van der Waals surface area contributed by atoms with E-state index >= 15 is 0 Å². The minimum atomic E-state index is -0.432. The zero-order valence-corrected chi connectivity index (χ0v) is 17.9. The third-order valence-corrected chi connectivity index (χ3v) is 4.03. The molecule has 1 N–H and O–H groups in total. The second kappa shape index (κ2) is 13.6. The van der Waals surface area contributed by atoms with Crippen molar-refractivity contribution >= 4 is 11.4 Å². The van der Waals surface area contributed by atoms with Crippen molar-refractivity contribution < 1.29 is 18.3 Å². The summed E-state index contributed by atoms with van der Waals surface area (Å²) < 4.78 is 37.6. The molecule has 0 bridgehead atoms. The Bertz CT molecular complexity index is 789. The summed E-state index contributed by atoms with van der Waals surface area (Å²) in [5, 5.41) is 3.09. The van der Waals surface area contributed by atoms with Gasteiger partial charge in [-0.25, -0.2) is 8.78 Å². The van der Waals surface area contributed by atoms with Crippen LogP contribution in [-0.4, -0.2) is 20.3 Å². The minimum absolute atomic E-state index is 0.252. The van der Waals surface area contributed by atoms with Gasteiger partial charge in [0.15, 0.2) is 0 Å². The van der Waals surface area contributed by atoms with Crippen LogP contribution in [0.25, 0.3) is 0 Å². The first kappa shape index (κ1) is 24.5. The summed E-state index contributed by atoms with van der Waals surface area (Å²) >= 11 is 0. The van der Waals surface area contributed by atoms with Crippen LogP contribution >= 0.6 is 0 Å². The van der Waals surface area contributed by atoms with Crippen LogP contribution in [0.5, 0.6) is 5.75 Å². The maximum Gasteiger partial charge on any atom is 0.139 e. The van der Waals surface area contributed by atoms with Crippen molar-refractivity contribution in [3.63, 3.8) is 0 Å². The first-order valence-electron chi connectivity index (χ1n) is 10.1. The molecule has 3 rings (SSSR count). The van der Waals surface area contributed by atoms with Crippen LogP contribution in [0, 0.1) is 29.4 Å². The highest BCUT2D eigenvalue weighted by molar-refractivity contribution is 5.71. The van der Waals surface area contributed by atoms with Gasteiger partial charge in [0.2, 0.25) is 0 Å². The van der Waals surface area contributed by atoms with Crippen molar-refractivity contribution in [2.75, 3.05) is 25.6 Å². The minimum Gasteiger partial charge on any atom is -0.495 e. The Hall–Kier alpha value is -2.58. The van der Waals surface area contributed by atoms with Gasteiger partial charge in [0.05, 0.1) is 18.4 Å². The first-order chi connectivity index (χ1) is 14.2. The Kier molecular flexibility index (Phi) is 11.4. The van der Waals surface area contributed by atoms with Gasteiger partial charge in [0.25, 0.3) is 0 Å². The molecule has 0 spiro atoms. The van der Waals surface area contributed by atoms with Gasteiger partial charge in [0.1, 0.15) is 17.4 Å². The van der Waals surface area contributed by atoms with E-state index in [4.69, 9.17) is 9.47 Å². The van der Waals surface area contributed by atoms with Crippen LogP contribution in [0.3, 0.4) is 0 Å². The van der Waals surface area contributed by atoms with Crippen molar-refractivity contribution in [1.29, 1.82) is 0 Å². The van der Waals surface area contributed by atoms with Crippen LogP contribution < -0.4 is 10.1 Å². The molecule has 158 valence electrons. The molecule has 0 radical (unpaired) electrons. The summed E-state index contributed by atoms with van der Waals surface area (Å²) in [5.41, 5.74) is 1.71. The Morgan fingerprint density at radius 1 is 0.966 bits per heavy atom. The van der Waals surface area contributed by atoms with E-state index < -0.39 is 5.82 Å². The molecule has 5 heteroatoms. The van der Waals surface area contributed by atoms with Gasteiger partial charge in [-0.05, 0) is 43.2 Å². The van der Waals surface area contributed by atoms with E-state index in [-0.39, 0.29) is 11.7 Å². The number of nitrogens with one attached hydrogen (secondary N) is 1. The summed E-state index contributed by atoms with van der Waals surface area (Å²) in [6.45, 7) is 9.42. The second-order valence-corrected chi connectivity index (χ2v) is 5.82. The summed E-state index contributed by atoms with van der Waals surface area (Å²) in [7, 11) is 1.48. The topological polar surface area (TPSA) is 30.5 Å². The number of hydrogen-bond acceptors (Lipinski definition) is 3. The van der Waals surface area contributed by atoms with E-state index in [2.05, 4.69) is 17.2 Å². The first-order valence-corrected chi connectivity index (χ1v) is 10.1. The fraction of sp³-hybridized carbons (Fsp3) is 0.417. The number of ether oxygens (including phenoxy) is 2. The lowest BCUT2D eigenvalue weighted by Crippen LogP contribution is -2.14. The smallest absolute Gasteiger partial charge is 0.139 e. The number of anilines is 2. The van der Waals surface area contributed by atoms with Crippen molar-refractivity contribution in [1.82, 2.24) is 0 Å². The van der Waals surface area contributed by atoms with Crippen LogP contribution in [0.2, 0.25) is 0 Å². The average Bonchev–Trinajstić information content (AvgIpc) is 2.78. The van der Waals surface area contributed by atoms with Gasteiger partial charge in [-0.15, -0.1) is 0 Å². The molecule has 1 heterocycles. The molecule has 0 aromatic heterocycles. The van der Waals surface area contributed by atoms with Gasteiger partial charge in [0, 0.05) is 30.9 Å². The Morgan fingerprint density at radius 3 is 2.17 bits per heavy atom. The Labute approximate surface area is 173 Å². The molecule has 2 aromatic carbocycles. The summed E-state index contributed by atoms with van der Waals surface area (Å²) in [5.74, 6) is 6.22. The van der Waals surface area contributed by atoms with E-state index in [9.17, 15) is 8.78 Å². The third-order valence-electron chi connectivity index (χ3n) is 4.03. The maximum atomic E-state index is 13.9. The Balaban J connectivity index is 0.000000989. The molecule has 1 saturated heterocycles. The highest BCUT2D eigenvalue weighted by Crippen LogP contribution is 2.30. The van der Waals surface area contributed by atoms with Crippen LogP contribution in [-0.2, 0) is 4.74 Å². The summed E-state index contributed by atoms with van der Waals surface area (Å²) in [6, 6.07) is 8.52. The van der Waals surface area contributed by atoms with Gasteiger partial charge in [-0.2, -0.15) is 0 Å². The average molecular weight is 404 g/mol. The molecule has 1 aliphatic heterocycles. The van der Waals surface area contributed by atoms with E-state index in [0.717, 1.165) is 12.8 Å². The van der Waals surface area contributed by atoms with Crippen molar-refractivity contribution in [2.45, 2.75) is 40.5 Å². The molecule has 0 unspecified atom stereocenters. The Morgan fingerprint density at radius 2 is 1.59 bits per heavy atom. The van der Waals surface area contributed by atoms with Crippen LogP contribution in [0.15, 0.2) is 36.4 Å². The molecule has 0 atom stereocenters. The SMILES string of the molecule is CC.CC.COc1cc(F)cc(Nc2ccc(F)cc2)c1C#CC1CCOCC1. The molecule has 2 aromatic rings. The molecule has 1 fully saturated rings.